The van der Waals surface area contributed by atoms with Gasteiger partial charge in [-0.05, 0) is 29.3 Å². The Bertz CT molecular complexity index is 900. The summed E-state index contributed by atoms with van der Waals surface area (Å²) in [6, 6.07) is 11.2. The van der Waals surface area contributed by atoms with Crippen LogP contribution in [0, 0.1) is 0 Å². The van der Waals surface area contributed by atoms with Crippen LogP contribution in [-0.2, 0) is 18.4 Å². The number of amides is 1. The van der Waals surface area contributed by atoms with Crippen LogP contribution >= 0.6 is 11.6 Å². The van der Waals surface area contributed by atoms with Gasteiger partial charge in [-0.3, -0.25) is 14.5 Å². The van der Waals surface area contributed by atoms with E-state index in [1.54, 1.807) is 29.2 Å². The first-order valence-corrected chi connectivity index (χ1v) is 8.14. The average Bonchev–Trinajstić information content (AvgIpc) is 3.06. The normalized spacial score (nSPS) is 11.0. The third-order valence-corrected chi connectivity index (χ3v) is 3.96. The Balaban J connectivity index is 1.56. The van der Waals surface area contributed by atoms with E-state index in [-0.39, 0.29) is 5.91 Å². The monoisotopic (exact) mass is 352 g/mol. The Morgan fingerprint density at radius 3 is 2.76 bits per heavy atom. The highest BCUT2D eigenvalue weighted by atomic mass is 35.5. The molecular formula is C19H17ClN4O. The van der Waals surface area contributed by atoms with Gasteiger partial charge in [-0.15, -0.1) is 0 Å². The number of hydrogen-bond acceptors (Lipinski definition) is 3. The highest BCUT2D eigenvalue weighted by Gasteiger charge is 2.03. The van der Waals surface area contributed by atoms with Gasteiger partial charge in [-0.1, -0.05) is 35.9 Å². The second-order valence-corrected chi connectivity index (χ2v) is 5.93. The zero-order valence-electron chi connectivity index (χ0n) is 13.7. The van der Waals surface area contributed by atoms with Gasteiger partial charge in [0.25, 0.3) is 0 Å². The molecule has 0 aliphatic heterocycles. The summed E-state index contributed by atoms with van der Waals surface area (Å²) in [5, 5.41) is 7.57. The summed E-state index contributed by atoms with van der Waals surface area (Å²) in [7, 11) is 1.86. The van der Waals surface area contributed by atoms with Gasteiger partial charge < -0.3 is 5.32 Å². The zero-order chi connectivity index (χ0) is 17.6. The summed E-state index contributed by atoms with van der Waals surface area (Å²) in [5.74, 6) is -0.184. The van der Waals surface area contributed by atoms with E-state index in [1.165, 1.54) is 6.08 Å². The van der Waals surface area contributed by atoms with Crippen molar-refractivity contribution in [3.8, 4) is 11.3 Å². The molecule has 2 heterocycles. The van der Waals surface area contributed by atoms with E-state index in [2.05, 4.69) is 15.4 Å². The molecule has 1 N–H and O–H groups in total. The quantitative estimate of drug-likeness (QED) is 0.715. The molecule has 2 aromatic heterocycles. The number of pyridine rings is 1. The standard InChI is InChI=1S/C19H17ClN4O/c1-24-13-16(12-23-24)18-8-6-14(10-21-18)11-22-19(25)9-7-15-4-2-3-5-17(15)20/h2-10,12-13H,11H2,1H3,(H,22,25)/b9-7+. The van der Waals surface area contributed by atoms with Crippen molar-refractivity contribution in [3.05, 3.63) is 77.2 Å². The summed E-state index contributed by atoms with van der Waals surface area (Å²) in [4.78, 5) is 16.3. The maximum absolute atomic E-state index is 11.9. The predicted molar refractivity (Wildman–Crippen MR) is 98.8 cm³/mol. The molecule has 1 amide bonds. The minimum atomic E-state index is -0.184. The van der Waals surface area contributed by atoms with Crippen molar-refractivity contribution in [1.29, 1.82) is 0 Å². The fraction of sp³-hybridized carbons (Fsp3) is 0.105. The Labute approximate surface area is 151 Å². The van der Waals surface area contributed by atoms with E-state index < -0.39 is 0 Å². The van der Waals surface area contributed by atoms with Crippen molar-refractivity contribution in [3.63, 3.8) is 0 Å². The van der Waals surface area contributed by atoms with Gasteiger partial charge in [0.1, 0.15) is 0 Å². The number of rotatable bonds is 5. The fourth-order valence-corrected chi connectivity index (χ4v) is 2.48. The molecular weight excluding hydrogens is 336 g/mol. The highest BCUT2D eigenvalue weighted by molar-refractivity contribution is 6.32. The lowest BCUT2D eigenvalue weighted by Gasteiger charge is -2.03. The van der Waals surface area contributed by atoms with Crippen LogP contribution in [0.4, 0.5) is 0 Å². The third kappa shape index (κ3) is 4.55. The van der Waals surface area contributed by atoms with E-state index in [1.807, 2.05) is 43.6 Å². The first-order chi connectivity index (χ1) is 12.1. The number of aryl methyl sites for hydroxylation is 1. The number of hydrogen-bond donors (Lipinski definition) is 1. The summed E-state index contributed by atoms with van der Waals surface area (Å²) in [5.41, 5.74) is 3.54. The number of halogens is 1. The summed E-state index contributed by atoms with van der Waals surface area (Å²) in [6.45, 7) is 0.409. The van der Waals surface area contributed by atoms with Gasteiger partial charge in [-0.2, -0.15) is 5.10 Å². The van der Waals surface area contributed by atoms with Crippen LogP contribution in [0.5, 0.6) is 0 Å². The molecule has 0 radical (unpaired) electrons. The Hall–Kier alpha value is -2.92. The Morgan fingerprint density at radius 2 is 2.08 bits per heavy atom. The number of carbonyl (C=O) groups excluding carboxylic acids is 1. The SMILES string of the molecule is Cn1cc(-c2ccc(CNC(=O)/C=C/c3ccccc3Cl)cn2)cn1. The lowest BCUT2D eigenvalue weighted by Crippen LogP contribution is -2.20. The van der Waals surface area contributed by atoms with Crippen molar-refractivity contribution >= 4 is 23.6 Å². The zero-order valence-corrected chi connectivity index (χ0v) is 14.4. The summed E-state index contributed by atoms with van der Waals surface area (Å²) in [6.07, 6.45) is 8.59. The summed E-state index contributed by atoms with van der Waals surface area (Å²) >= 11 is 6.05. The number of carbonyl (C=O) groups is 1. The van der Waals surface area contributed by atoms with Crippen LogP contribution in [0.3, 0.4) is 0 Å². The Morgan fingerprint density at radius 1 is 1.24 bits per heavy atom. The molecule has 0 aliphatic carbocycles. The molecule has 0 bridgehead atoms. The number of aromatic nitrogens is 3. The fourth-order valence-electron chi connectivity index (χ4n) is 2.28. The molecule has 0 spiro atoms. The molecule has 0 saturated carbocycles. The van der Waals surface area contributed by atoms with Gasteiger partial charge >= 0.3 is 0 Å². The molecule has 0 fully saturated rings. The van der Waals surface area contributed by atoms with Crippen LogP contribution in [0.15, 0.2) is 61.1 Å². The van der Waals surface area contributed by atoms with Crippen molar-refractivity contribution < 1.29 is 4.79 Å². The molecule has 0 unspecified atom stereocenters. The molecule has 5 nitrogen and oxygen atoms in total. The van der Waals surface area contributed by atoms with Crippen molar-refractivity contribution in [2.45, 2.75) is 6.54 Å². The van der Waals surface area contributed by atoms with Gasteiger partial charge in [0, 0.05) is 42.6 Å². The summed E-state index contributed by atoms with van der Waals surface area (Å²) < 4.78 is 1.73. The van der Waals surface area contributed by atoms with E-state index >= 15 is 0 Å². The molecule has 0 saturated heterocycles. The maximum atomic E-state index is 11.9. The molecule has 3 rings (SSSR count). The van der Waals surface area contributed by atoms with Crippen LogP contribution in [0.2, 0.25) is 5.02 Å². The molecule has 0 aliphatic rings. The van der Waals surface area contributed by atoms with Crippen molar-refractivity contribution in [1.82, 2.24) is 20.1 Å². The van der Waals surface area contributed by atoms with Crippen molar-refractivity contribution in [2.75, 3.05) is 0 Å². The lowest BCUT2D eigenvalue weighted by molar-refractivity contribution is -0.116. The van der Waals surface area contributed by atoms with Crippen LogP contribution in [0.1, 0.15) is 11.1 Å². The van der Waals surface area contributed by atoms with Crippen molar-refractivity contribution in [2.24, 2.45) is 7.05 Å². The molecule has 3 aromatic rings. The van der Waals surface area contributed by atoms with Crippen LogP contribution in [0.25, 0.3) is 17.3 Å². The molecule has 25 heavy (non-hydrogen) atoms. The smallest absolute Gasteiger partial charge is 0.244 e. The predicted octanol–water partition coefficient (Wildman–Crippen LogP) is 3.47. The Kier molecular flexibility index (Phi) is 5.26. The van der Waals surface area contributed by atoms with Gasteiger partial charge in [0.05, 0.1) is 11.9 Å². The molecule has 126 valence electrons. The number of benzene rings is 1. The first-order valence-electron chi connectivity index (χ1n) is 7.76. The van der Waals surface area contributed by atoms with E-state index in [0.29, 0.717) is 11.6 Å². The second-order valence-electron chi connectivity index (χ2n) is 5.53. The molecule has 0 atom stereocenters. The number of nitrogens with one attached hydrogen (secondary N) is 1. The minimum Gasteiger partial charge on any atom is -0.348 e. The largest absolute Gasteiger partial charge is 0.348 e. The number of nitrogens with zero attached hydrogens (tertiary/aromatic N) is 3. The lowest BCUT2D eigenvalue weighted by atomic mass is 10.2. The van der Waals surface area contributed by atoms with Crippen LogP contribution < -0.4 is 5.32 Å². The third-order valence-electron chi connectivity index (χ3n) is 3.61. The van der Waals surface area contributed by atoms with Gasteiger partial charge in [0.15, 0.2) is 0 Å². The molecule has 6 heteroatoms. The first kappa shape index (κ1) is 16.9. The second kappa shape index (κ2) is 7.77. The topological polar surface area (TPSA) is 59.8 Å². The molecule has 1 aromatic carbocycles. The minimum absolute atomic E-state index is 0.184. The van der Waals surface area contributed by atoms with E-state index in [0.717, 1.165) is 22.4 Å². The van der Waals surface area contributed by atoms with Gasteiger partial charge in [0.2, 0.25) is 5.91 Å². The van der Waals surface area contributed by atoms with E-state index in [9.17, 15) is 4.79 Å². The van der Waals surface area contributed by atoms with Gasteiger partial charge in [-0.25, -0.2) is 0 Å². The van der Waals surface area contributed by atoms with Crippen LogP contribution in [-0.4, -0.2) is 20.7 Å². The highest BCUT2D eigenvalue weighted by Crippen LogP contribution is 2.16. The average molecular weight is 353 g/mol. The van der Waals surface area contributed by atoms with E-state index in [4.69, 9.17) is 11.6 Å². The maximum Gasteiger partial charge on any atom is 0.244 e.